The topological polar surface area (TPSA) is 15.3 Å². The lowest BCUT2D eigenvalue weighted by Crippen LogP contribution is -2.61. The average Bonchev–Trinajstić information content (AvgIpc) is 2.95. The summed E-state index contributed by atoms with van der Waals surface area (Å²) in [7, 11) is 0. The molecule has 2 aliphatic rings. The van der Waals surface area contributed by atoms with Gasteiger partial charge in [0.25, 0.3) is 0 Å². The third-order valence-corrected chi connectivity index (χ3v) is 5.59. The Morgan fingerprint density at radius 3 is 2.15 bits per heavy atom. The molecular formula is C18H36N2. The second-order valence-electron chi connectivity index (χ2n) is 7.44. The first kappa shape index (κ1) is 16.3. The number of hydrogen-bond acceptors (Lipinski definition) is 2. The maximum atomic E-state index is 3.88. The van der Waals surface area contributed by atoms with Crippen molar-refractivity contribution < 1.29 is 0 Å². The molecule has 1 aliphatic carbocycles. The van der Waals surface area contributed by atoms with Crippen LogP contribution in [0, 0.1) is 5.92 Å². The van der Waals surface area contributed by atoms with Crippen LogP contribution in [0.2, 0.25) is 0 Å². The van der Waals surface area contributed by atoms with Crippen LogP contribution in [0.15, 0.2) is 0 Å². The fourth-order valence-electron chi connectivity index (χ4n) is 4.52. The maximum absolute atomic E-state index is 3.88. The summed E-state index contributed by atoms with van der Waals surface area (Å²) in [6.07, 6.45) is 12.8. The summed E-state index contributed by atoms with van der Waals surface area (Å²) in [5, 5.41) is 3.88. The van der Waals surface area contributed by atoms with Crippen LogP contribution in [-0.4, -0.2) is 36.1 Å². The number of hydrogen-bond donors (Lipinski definition) is 1. The van der Waals surface area contributed by atoms with Crippen LogP contribution in [0.4, 0.5) is 0 Å². The van der Waals surface area contributed by atoms with Crippen molar-refractivity contribution in [3.05, 3.63) is 0 Å². The minimum absolute atomic E-state index is 0.491. The van der Waals surface area contributed by atoms with E-state index in [0.29, 0.717) is 5.54 Å². The minimum Gasteiger partial charge on any atom is -0.312 e. The predicted molar refractivity (Wildman–Crippen MR) is 88.2 cm³/mol. The molecule has 0 radical (unpaired) electrons. The van der Waals surface area contributed by atoms with E-state index in [-0.39, 0.29) is 0 Å². The number of piperidine rings is 1. The van der Waals surface area contributed by atoms with Gasteiger partial charge in [-0.1, -0.05) is 40.0 Å². The molecule has 0 bridgehead atoms. The predicted octanol–water partition coefficient (Wildman–Crippen LogP) is 4.20. The number of nitrogens with zero attached hydrogens (tertiary/aromatic N) is 1. The smallest absolute Gasteiger partial charge is 0.0362 e. The molecule has 1 atom stereocenters. The summed E-state index contributed by atoms with van der Waals surface area (Å²) < 4.78 is 0. The molecule has 1 N–H and O–H groups in total. The van der Waals surface area contributed by atoms with Gasteiger partial charge < -0.3 is 5.32 Å². The van der Waals surface area contributed by atoms with Gasteiger partial charge in [-0.05, 0) is 64.1 Å². The number of rotatable bonds is 7. The summed E-state index contributed by atoms with van der Waals surface area (Å²) in [6, 6.07) is 0.718. The van der Waals surface area contributed by atoms with Crippen LogP contribution in [0.1, 0.15) is 78.6 Å². The van der Waals surface area contributed by atoms with Crippen molar-refractivity contribution in [3.63, 3.8) is 0 Å². The SMILES string of the molecule is CCNC(CCC(C)C)C1(N2CCCCC2)CCCC1. The quantitative estimate of drug-likeness (QED) is 0.752. The molecule has 0 aromatic carbocycles. The molecule has 2 nitrogen and oxygen atoms in total. The van der Waals surface area contributed by atoms with Crippen molar-refractivity contribution in [2.45, 2.75) is 90.1 Å². The Kier molecular flexibility index (Phi) is 6.35. The van der Waals surface area contributed by atoms with Crippen molar-refractivity contribution in [1.82, 2.24) is 10.2 Å². The van der Waals surface area contributed by atoms with E-state index in [1.165, 1.54) is 70.9 Å². The second-order valence-corrected chi connectivity index (χ2v) is 7.44. The zero-order valence-corrected chi connectivity index (χ0v) is 14.1. The second kappa shape index (κ2) is 7.79. The monoisotopic (exact) mass is 280 g/mol. The summed E-state index contributed by atoms with van der Waals surface area (Å²) in [6.45, 7) is 10.8. The summed E-state index contributed by atoms with van der Waals surface area (Å²) in [5.41, 5.74) is 0.491. The first-order valence-corrected chi connectivity index (χ1v) is 9.17. The molecule has 1 unspecified atom stereocenters. The highest BCUT2D eigenvalue weighted by molar-refractivity contribution is 5.04. The van der Waals surface area contributed by atoms with E-state index in [9.17, 15) is 0 Å². The molecule has 0 spiro atoms. The largest absolute Gasteiger partial charge is 0.312 e. The van der Waals surface area contributed by atoms with E-state index in [2.05, 4.69) is 31.0 Å². The Labute approximate surface area is 126 Å². The zero-order chi connectivity index (χ0) is 14.4. The molecular weight excluding hydrogens is 244 g/mol. The molecule has 0 aromatic rings. The van der Waals surface area contributed by atoms with Crippen molar-refractivity contribution in [3.8, 4) is 0 Å². The number of likely N-dealkylation sites (N-methyl/N-ethyl adjacent to an activating group) is 1. The highest BCUT2D eigenvalue weighted by atomic mass is 15.2. The van der Waals surface area contributed by atoms with Gasteiger partial charge in [-0.25, -0.2) is 0 Å². The van der Waals surface area contributed by atoms with Gasteiger partial charge >= 0.3 is 0 Å². The average molecular weight is 280 g/mol. The van der Waals surface area contributed by atoms with Gasteiger partial charge in [-0.15, -0.1) is 0 Å². The Morgan fingerprint density at radius 2 is 1.60 bits per heavy atom. The normalized spacial score (nSPS) is 25.2. The Balaban J connectivity index is 2.09. The first-order chi connectivity index (χ1) is 9.69. The van der Waals surface area contributed by atoms with Crippen molar-refractivity contribution in [2.24, 2.45) is 5.92 Å². The summed E-state index contributed by atoms with van der Waals surface area (Å²) >= 11 is 0. The molecule has 0 aromatic heterocycles. The highest BCUT2D eigenvalue weighted by Gasteiger charge is 2.45. The van der Waals surface area contributed by atoms with E-state index >= 15 is 0 Å². The molecule has 118 valence electrons. The van der Waals surface area contributed by atoms with Crippen LogP contribution in [0.25, 0.3) is 0 Å². The lowest BCUT2D eigenvalue weighted by atomic mass is 9.81. The van der Waals surface area contributed by atoms with Crippen molar-refractivity contribution in [1.29, 1.82) is 0 Å². The van der Waals surface area contributed by atoms with E-state index in [4.69, 9.17) is 0 Å². The third kappa shape index (κ3) is 3.76. The van der Waals surface area contributed by atoms with E-state index < -0.39 is 0 Å². The van der Waals surface area contributed by atoms with Crippen molar-refractivity contribution >= 4 is 0 Å². The number of nitrogens with one attached hydrogen (secondary N) is 1. The molecule has 2 fully saturated rings. The fourth-order valence-corrected chi connectivity index (χ4v) is 4.52. The first-order valence-electron chi connectivity index (χ1n) is 9.17. The molecule has 1 aliphatic heterocycles. The van der Waals surface area contributed by atoms with Crippen LogP contribution < -0.4 is 5.32 Å². The molecule has 2 heteroatoms. The third-order valence-electron chi connectivity index (χ3n) is 5.59. The van der Waals surface area contributed by atoms with Gasteiger partial charge in [0.2, 0.25) is 0 Å². The van der Waals surface area contributed by atoms with Gasteiger partial charge in [0, 0.05) is 11.6 Å². The number of likely N-dealkylation sites (tertiary alicyclic amines) is 1. The lowest BCUT2D eigenvalue weighted by molar-refractivity contribution is 0.0328. The van der Waals surface area contributed by atoms with Crippen LogP contribution in [0.3, 0.4) is 0 Å². The molecule has 2 rings (SSSR count). The Morgan fingerprint density at radius 1 is 0.950 bits per heavy atom. The van der Waals surface area contributed by atoms with Gasteiger partial charge in [0.15, 0.2) is 0 Å². The Hall–Kier alpha value is -0.0800. The molecule has 1 heterocycles. The Bertz CT molecular complexity index is 263. The lowest BCUT2D eigenvalue weighted by Gasteiger charge is -2.49. The van der Waals surface area contributed by atoms with Crippen LogP contribution >= 0.6 is 0 Å². The van der Waals surface area contributed by atoms with Gasteiger partial charge in [0.1, 0.15) is 0 Å². The molecule has 1 saturated heterocycles. The molecule has 0 amide bonds. The minimum atomic E-state index is 0.491. The van der Waals surface area contributed by atoms with E-state index in [1.807, 2.05) is 0 Å². The van der Waals surface area contributed by atoms with Crippen molar-refractivity contribution in [2.75, 3.05) is 19.6 Å². The van der Waals surface area contributed by atoms with Crippen LogP contribution in [-0.2, 0) is 0 Å². The summed E-state index contributed by atoms with van der Waals surface area (Å²) in [5.74, 6) is 0.830. The van der Waals surface area contributed by atoms with E-state index in [0.717, 1.165) is 18.5 Å². The maximum Gasteiger partial charge on any atom is 0.0362 e. The fraction of sp³-hybridized carbons (Fsp3) is 1.00. The summed E-state index contributed by atoms with van der Waals surface area (Å²) in [4.78, 5) is 2.89. The molecule has 1 saturated carbocycles. The molecule has 20 heavy (non-hydrogen) atoms. The van der Waals surface area contributed by atoms with Gasteiger partial charge in [0.05, 0.1) is 0 Å². The highest BCUT2D eigenvalue weighted by Crippen LogP contribution is 2.41. The standard InChI is InChI=1S/C18H36N2/c1-4-19-17(11-10-16(2)3)18(12-6-7-13-18)20-14-8-5-9-15-20/h16-17,19H,4-15H2,1-3H3. The van der Waals surface area contributed by atoms with E-state index in [1.54, 1.807) is 0 Å². The van der Waals surface area contributed by atoms with Gasteiger partial charge in [-0.2, -0.15) is 0 Å². The van der Waals surface area contributed by atoms with Gasteiger partial charge in [-0.3, -0.25) is 4.90 Å². The zero-order valence-electron chi connectivity index (χ0n) is 14.1. The van der Waals surface area contributed by atoms with Crippen LogP contribution in [0.5, 0.6) is 0 Å².